The van der Waals surface area contributed by atoms with Crippen LogP contribution in [0.4, 0.5) is 0 Å². The Morgan fingerprint density at radius 2 is 2.27 bits per heavy atom. The molecule has 0 aliphatic heterocycles. The Morgan fingerprint density at radius 1 is 1.67 bits per heavy atom. The van der Waals surface area contributed by atoms with E-state index >= 15 is 0 Å². The molecule has 2 heteroatoms. The van der Waals surface area contributed by atoms with Crippen molar-refractivity contribution in [1.29, 1.82) is 0 Å². The van der Waals surface area contributed by atoms with Gasteiger partial charge in [0.25, 0.3) is 0 Å². The van der Waals surface area contributed by atoms with Gasteiger partial charge in [-0.05, 0) is 36.2 Å². The predicted molar refractivity (Wildman–Crippen MR) is 65.9 cm³/mol. The maximum atomic E-state index is 9.97. The van der Waals surface area contributed by atoms with Crippen LogP contribution in [0.2, 0.25) is 0 Å². The molecule has 0 saturated carbocycles. The smallest absolute Gasteiger partial charge is 0.0801 e. The summed E-state index contributed by atoms with van der Waals surface area (Å²) < 4.78 is 0. The van der Waals surface area contributed by atoms with E-state index in [4.69, 9.17) is 11.6 Å². The number of allylic oxidation sites excluding steroid dienone is 1. The number of aliphatic hydroxyl groups is 1. The predicted octanol–water partition coefficient (Wildman–Crippen LogP) is 3.87. The third-order valence-electron chi connectivity index (χ3n) is 3.09. The van der Waals surface area contributed by atoms with E-state index in [1.165, 1.54) is 0 Å². The van der Waals surface area contributed by atoms with Crippen LogP contribution < -0.4 is 0 Å². The van der Waals surface area contributed by atoms with Crippen LogP contribution in [0.5, 0.6) is 0 Å². The van der Waals surface area contributed by atoms with Gasteiger partial charge < -0.3 is 5.11 Å². The molecule has 0 aromatic rings. The van der Waals surface area contributed by atoms with E-state index in [-0.39, 0.29) is 5.41 Å². The fraction of sp³-hybridized carbons (Fsp3) is 0.692. The molecule has 0 aromatic carbocycles. The molecule has 0 amide bonds. The third kappa shape index (κ3) is 3.09. The van der Waals surface area contributed by atoms with Crippen LogP contribution in [0.1, 0.15) is 40.0 Å². The highest BCUT2D eigenvalue weighted by molar-refractivity contribution is 6.30. The van der Waals surface area contributed by atoms with Gasteiger partial charge in [-0.15, -0.1) is 6.58 Å². The molecule has 2 atom stereocenters. The van der Waals surface area contributed by atoms with Crippen LogP contribution in [0.3, 0.4) is 0 Å². The average molecular weight is 229 g/mol. The lowest BCUT2D eigenvalue weighted by molar-refractivity contribution is 0.176. The molecule has 0 heterocycles. The minimum Gasteiger partial charge on any atom is -0.388 e. The van der Waals surface area contributed by atoms with Crippen molar-refractivity contribution in [2.45, 2.75) is 46.1 Å². The molecule has 1 N–H and O–H groups in total. The quantitative estimate of drug-likeness (QED) is 0.727. The van der Waals surface area contributed by atoms with Crippen molar-refractivity contribution in [3.63, 3.8) is 0 Å². The van der Waals surface area contributed by atoms with Crippen LogP contribution in [0.25, 0.3) is 0 Å². The third-order valence-corrected chi connectivity index (χ3v) is 3.44. The largest absolute Gasteiger partial charge is 0.388 e. The number of halogens is 1. The van der Waals surface area contributed by atoms with E-state index in [9.17, 15) is 5.11 Å². The van der Waals surface area contributed by atoms with Crippen molar-refractivity contribution in [3.8, 4) is 0 Å². The Hall–Kier alpha value is -0.270. The molecule has 0 aromatic heterocycles. The summed E-state index contributed by atoms with van der Waals surface area (Å²) in [5, 5.41) is 10.8. The van der Waals surface area contributed by atoms with E-state index < -0.39 is 6.10 Å². The minimum absolute atomic E-state index is 0.258. The Balaban J connectivity index is 2.91. The molecule has 1 rings (SSSR count). The molecule has 0 saturated heterocycles. The molecule has 1 aliphatic rings. The molecule has 86 valence electrons. The molecule has 1 aliphatic carbocycles. The number of hydrogen-bond acceptors (Lipinski definition) is 1. The van der Waals surface area contributed by atoms with Crippen LogP contribution >= 0.6 is 11.6 Å². The summed E-state index contributed by atoms with van der Waals surface area (Å²) >= 11 is 6.28. The van der Waals surface area contributed by atoms with Gasteiger partial charge in [0.15, 0.2) is 0 Å². The zero-order chi connectivity index (χ0) is 11.6. The standard InChI is InChI=1S/C13H21ClO/c1-5-6-11(15)12-9(2)7-13(3,4)8-10(12)14/h5,9,11,15H,1,6-8H2,2-4H3. The second-order valence-electron chi connectivity index (χ2n) is 5.35. The molecule has 0 spiro atoms. The maximum absolute atomic E-state index is 9.97. The van der Waals surface area contributed by atoms with E-state index in [0.717, 1.165) is 23.4 Å². The summed E-state index contributed by atoms with van der Waals surface area (Å²) in [5.74, 6) is 0.371. The molecule has 1 nitrogen and oxygen atoms in total. The lowest BCUT2D eigenvalue weighted by Gasteiger charge is -2.37. The Labute approximate surface area is 97.8 Å². The molecule has 0 radical (unpaired) electrons. The van der Waals surface area contributed by atoms with Crippen molar-refractivity contribution in [2.24, 2.45) is 11.3 Å². The van der Waals surface area contributed by atoms with Crippen molar-refractivity contribution >= 4 is 11.6 Å². The van der Waals surface area contributed by atoms with E-state index in [0.29, 0.717) is 12.3 Å². The Kier molecular flexibility index (Phi) is 4.02. The number of aliphatic hydroxyl groups excluding tert-OH is 1. The van der Waals surface area contributed by atoms with E-state index in [1.54, 1.807) is 6.08 Å². The SMILES string of the molecule is C=CCC(O)C1=C(Cl)CC(C)(C)CC1C. The van der Waals surface area contributed by atoms with Crippen molar-refractivity contribution in [1.82, 2.24) is 0 Å². The number of rotatable bonds is 3. The highest BCUT2D eigenvalue weighted by atomic mass is 35.5. The topological polar surface area (TPSA) is 20.2 Å². The fourth-order valence-electron chi connectivity index (χ4n) is 2.59. The lowest BCUT2D eigenvalue weighted by atomic mass is 9.71. The van der Waals surface area contributed by atoms with Crippen LogP contribution in [0.15, 0.2) is 23.3 Å². The summed E-state index contributed by atoms with van der Waals surface area (Å²) in [6.07, 6.45) is 3.86. The van der Waals surface area contributed by atoms with Gasteiger partial charge in [-0.25, -0.2) is 0 Å². The first-order valence-corrected chi connectivity index (χ1v) is 5.92. The van der Waals surface area contributed by atoms with Gasteiger partial charge in [-0.3, -0.25) is 0 Å². The van der Waals surface area contributed by atoms with Crippen LogP contribution in [-0.4, -0.2) is 11.2 Å². The molecule has 15 heavy (non-hydrogen) atoms. The van der Waals surface area contributed by atoms with Crippen LogP contribution in [0, 0.1) is 11.3 Å². The minimum atomic E-state index is -0.443. The normalized spacial score (nSPS) is 27.7. The first-order valence-electron chi connectivity index (χ1n) is 5.55. The van der Waals surface area contributed by atoms with Gasteiger partial charge in [0, 0.05) is 5.03 Å². The summed E-state index contributed by atoms with van der Waals surface area (Å²) in [6, 6.07) is 0. The first kappa shape index (κ1) is 12.8. The maximum Gasteiger partial charge on any atom is 0.0801 e. The fourth-order valence-corrected chi connectivity index (χ4v) is 3.27. The summed E-state index contributed by atoms with van der Waals surface area (Å²) in [6.45, 7) is 10.2. The molecular formula is C13H21ClO. The number of hydrogen-bond donors (Lipinski definition) is 1. The zero-order valence-electron chi connectivity index (χ0n) is 9.89. The van der Waals surface area contributed by atoms with Crippen molar-refractivity contribution in [3.05, 3.63) is 23.3 Å². The molecular weight excluding hydrogens is 208 g/mol. The monoisotopic (exact) mass is 228 g/mol. The second kappa shape index (κ2) is 4.71. The Bertz CT molecular complexity index is 278. The Morgan fingerprint density at radius 3 is 2.73 bits per heavy atom. The summed E-state index contributed by atoms with van der Waals surface area (Å²) in [5.41, 5.74) is 1.28. The van der Waals surface area contributed by atoms with Crippen molar-refractivity contribution < 1.29 is 5.11 Å². The van der Waals surface area contributed by atoms with Gasteiger partial charge in [0.05, 0.1) is 6.10 Å². The van der Waals surface area contributed by atoms with Gasteiger partial charge in [0.1, 0.15) is 0 Å². The summed E-state index contributed by atoms with van der Waals surface area (Å²) in [4.78, 5) is 0. The van der Waals surface area contributed by atoms with Gasteiger partial charge >= 0.3 is 0 Å². The van der Waals surface area contributed by atoms with Gasteiger partial charge in [-0.1, -0.05) is 38.4 Å². The van der Waals surface area contributed by atoms with Gasteiger partial charge in [0.2, 0.25) is 0 Å². The first-order chi connectivity index (χ1) is 6.87. The molecule has 2 unspecified atom stereocenters. The van der Waals surface area contributed by atoms with E-state index in [1.807, 2.05) is 0 Å². The average Bonchev–Trinajstić information content (AvgIpc) is 1.99. The van der Waals surface area contributed by atoms with Crippen LogP contribution in [-0.2, 0) is 0 Å². The molecule has 0 fully saturated rings. The van der Waals surface area contributed by atoms with Crippen molar-refractivity contribution in [2.75, 3.05) is 0 Å². The zero-order valence-corrected chi connectivity index (χ0v) is 10.6. The summed E-state index contributed by atoms with van der Waals surface area (Å²) in [7, 11) is 0. The lowest BCUT2D eigenvalue weighted by Crippen LogP contribution is -2.28. The molecule has 0 bridgehead atoms. The second-order valence-corrected chi connectivity index (χ2v) is 5.80. The van der Waals surface area contributed by atoms with E-state index in [2.05, 4.69) is 27.4 Å². The van der Waals surface area contributed by atoms with Gasteiger partial charge in [-0.2, -0.15) is 0 Å². The highest BCUT2D eigenvalue weighted by Gasteiger charge is 2.33. The highest BCUT2D eigenvalue weighted by Crippen LogP contribution is 2.44.